The second-order valence-corrected chi connectivity index (χ2v) is 15.9. The van der Waals surface area contributed by atoms with Crippen molar-refractivity contribution in [2.45, 2.75) is 12.4 Å². The average Bonchev–Trinajstić information content (AvgIpc) is 3.39. The fourth-order valence-corrected chi connectivity index (χ4v) is 7.72. The van der Waals surface area contributed by atoms with Crippen molar-refractivity contribution in [3.8, 4) is 11.5 Å². The summed E-state index contributed by atoms with van der Waals surface area (Å²) in [6.07, 6.45) is -7.82. The van der Waals surface area contributed by atoms with Crippen LogP contribution in [0.4, 0.5) is 83.5 Å². The highest BCUT2D eigenvalue weighted by atomic mass is 19.4. The molecule has 2 fully saturated rings. The van der Waals surface area contributed by atoms with E-state index in [1.165, 1.54) is 64.7 Å². The van der Waals surface area contributed by atoms with Gasteiger partial charge in [-0.05, 0) is 48.5 Å². The molecule has 22 heteroatoms. The SMILES string of the molecule is CNC(=O)c1ccccc1Nc1cc(Nc2ccc(N3CCOCC3)cc2OC)ncc1C(F)(F)F.CNC(=O)c1ccccc1Nc1cc(Nc2ccc(N3CCOCC3)cc2OC)ncc1C(F)(F)F. The van der Waals surface area contributed by atoms with Crippen LogP contribution < -0.4 is 51.2 Å². The predicted molar refractivity (Wildman–Crippen MR) is 263 cm³/mol. The molecule has 0 radical (unpaired) electrons. The molecule has 2 saturated heterocycles. The minimum Gasteiger partial charge on any atom is -0.494 e. The Morgan fingerprint density at radius 2 is 0.889 bits per heavy atom. The first kappa shape index (κ1) is 51.9. The van der Waals surface area contributed by atoms with Crippen LogP contribution in [0.5, 0.6) is 11.5 Å². The monoisotopic (exact) mass is 1000 g/mol. The van der Waals surface area contributed by atoms with Gasteiger partial charge in [-0.1, -0.05) is 24.3 Å². The minimum absolute atomic E-state index is 0.167. The molecular formula is C50H52F6N10O6. The van der Waals surface area contributed by atoms with Gasteiger partial charge in [-0.15, -0.1) is 0 Å². The van der Waals surface area contributed by atoms with Gasteiger partial charge in [0.05, 0.1) is 97.0 Å². The van der Waals surface area contributed by atoms with Gasteiger partial charge in [0.25, 0.3) is 11.8 Å². The van der Waals surface area contributed by atoms with E-state index < -0.39 is 35.3 Å². The van der Waals surface area contributed by atoms with Crippen LogP contribution in [0.2, 0.25) is 0 Å². The van der Waals surface area contributed by atoms with Gasteiger partial charge in [0, 0.05) is 88.3 Å². The number of alkyl halides is 6. The molecule has 0 atom stereocenters. The van der Waals surface area contributed by atoms with E-state index in [4.69, 9.17) is 18.9 Å². The number of carbonyl (C=O) groups excluding carboxylic acids is 2. The van der Waals surface area contributed by atoms with Gasteiger partial charge in [-0.3, -0.25) is 9.59 Å². The summed E-state index contributed by atoms with van der Waals surface area (Å²) in [6.45, 7) is 5.55. The van der Waals surface area contributed by atoms with E-state index in [0.717, 1.165) is 49.9 Å². The van der Waals surface area contributed by atoms with Gasteiger partial charge in [0.1, 0.15) is 23.1 Å². The van der Waals surface area contributed by atoms with Crippen molar-refractivity contribution >= 4 is 68.9 Å². The Morgan fingerprint density at radius 3 is 1.24 bits per heavy atom. The molecule has 6 N–H and O–H groups in total. The lowest BCUT2D eigenvalue weighted by atomic mass is 10.1. The number of anilines is 10. The molecule has 2 aliphatic heterocycles. The molecule has 380 valence electrons. The molecule has 4 heterocycles. The van der Waals surface area contributed by atoms with Crippen molar-refractivity contribution in [1.29, 1.82) is 0 Å². The van der Waals surface area contributed by atoms with E-state index in [1.54, 1.807) is 36.4 Å². The summed E-state index contributed by atoms with van der Waals surface area (Å²) < 4.78 is 104. The van der Waals surface area contributed by atoms with Crippen LogP contribution in [-0.4, -0.2) is 103 Å². The molecule has 4 aromatic carbocycles. The molecule has 16 nitrogen and oxygen atoms in total. The van der Waals surface area contributed by atoms with Crippen LogP contribution >= 0.6 is 0 Å². The van der Waals surface area contributed by atoms with Crippen molar-refractivity contribution in [1.82, 2.24) is 20.6 Å². The number of hydrogen-bond acceptors (Lipinski definition) is 14. The lowest BCUT2D eigenvalue weighted by Gasteiger charge is -2.29. The van der Waals surface area contributed by atoms with Crippen LogP contribution in [0, 0.1) is 0 Å². The number of amides is 2. The molecule has 2 aromatic heterocycles. The Balaban J connectivity index is 0.000000211. The number of benzene rings is 4. The number of ether oxygens (including phenoxy) is 4. The summed E-state index contributed by atoms with van der Waals surface area (Å²) in [4.78, 5) is 36.7. The van der Waals surface area contributed by atoms with Gasteiger partial charge >= 0.3 is 12.4 Å². The highest BCUT2D eigenvalue weighted by Crippen LogP contribution is 2.41. The molecule has 0 aliphatic carbocycles. The number of morpholine rings is 2. The molecule has 2 aliphatic rings. The lowest BCUT2D eigenvalue weighted by molar-refractivity contribution is -0.138. The molecule has 2 amide bonds. The second-order valence-electron chi connectivity index (χ2n) is 15.9. The van der Waals surface area contributed by atoms with E-state index in [0.29, 0.717) is 49.3 Å². The first-order valence-corrected chi connectivity index (χ1v) is 22.5. The fraction of sp³-hybridized carbons (Fsp3) is 0.280. The van der Waals surface area contributed by atoms with E-state index >= 15 is 0 Å². The van der Waals surface area contributed by atoms with Gasteiger partial charge < -0.3 is 60.6 Å². The van der Waals surface area contributed by atoms with Crippen LogP contribution in [0.15, 0.2) is 109 Å². The normalized spacial score (nSPS) is 13.8. The highest BCUT2D eigenvalue weighted by molar-refractivity contribution is 6.01. The standard InChI is InChI=1S/2C25H26F3N5O3/c2*1-29-24(34)17-5-3-4-6-19(17)31-21-14-23(30-15-18(21)25(26,27)28)32-20-8-7-16(13-22(20)35-2)33-9-11-36-12-10-33/h2*3-8,13-15H,9-12H2,1-2H3,(H,29,34)(H2,30,31,32). The third-order valence-electron chi connectivity index (χ3n) is 11.4. The molecule has 0 spiro atoms. The summed E-state index contributed by atoms with van der Waals surface area (Å²) in [5, 5.41) is 16.6. The second kappa shape index (κ2) is 23.3. The Bertz CT molecular complexity index is 2650. The Kier molecular flexibility index (Phi) is 16.8. The maximum atomic E-state index is 13.8. The number of aromatic nitrogens is 2. The van der Waals surface area contributed by atoms with Crippen LogP contribution in [0.1, 0.15) is 31.8 Å². The van der Waals surface area contributed by atoms with Gasteiger partial charge in [0.2, 0.25) is 0 Å². The summed E-state index contributed by atoms with van der Waals surface area (Å²) in [6, 6.07) is 26.2. The topological polar surface area (TPSA) is 176 Å². The van der Waals surface area contributed by atoms with Crippen molar-refractivity contribution in [2.24, 2.45) is 0 Å². The zero-order valence-electron chi connectivity index (χ0n) is 39.6. The molecule has 8 rings (SSSR count). The zero-order chi connectivity index (χ0) is 51.4. The number of methoxy groups -OCH3 is 2. The van der Waals surface area contributed by atoms with Gasteiger partial charge in [0.15, 0.2) is 0 Å². The number of nitrogens with zero attached hydrogens (tertiary/aromatic N) is 4. The summed E-state index contributed by atoms with van der Waals surface area (Å²) in [5.74, 6) is 0.509. The lowest BCUT2D eigenvalue weighted by Crippen LogP contribution is -2.36. The first-order valence-electron chi connectivity index (χ1n) is 22.5. The number of para-hydroxylation sites is 2. The van der Waals surface area contributed by atoms with Gasteiger partial charge in [-0.25, -0.2) is 9.97 Å². The highest BCUT2D eigenvalue weighted by Gasteiger charge is 2.36. The fourth-order valence-electron chi connectivity index (χ4n) is 7.72. The third kappa shape index (κ3) is 12.9. The molecular weight excluding hydrogens is 951 g/mol. The predicted octanol–water partition coefficient (Wildman–Crippen LogP) is 9.58. The Morgan fingerprint density at radius 1 is 0.514 bits per heavy atom. The van der Waals surface area contributed by atoms with E-state index in [-0.39, 0.29) is 45.5 Å². The number of carbonyl (C=O) groups is 2. The Hall–Kier alpha value is -7.98. The number of halogens is 6. The minimum atomic E-state index is -4.66. The molecule has 72 heavy (non-hydrogen) atoms. The van der Waals surface area contributed by atoms with Crippen LogP contribution in [0.3, 0.4) is 0 Å². The van der Waals surface area contributed by atoms with Crippen molar-refractivity contribution in [2.75, 3.05) is 112 Å². The van der Waals surface area contributed by atoms with E-state index in [1.807, 2.05) is 24.3 Å². The number of nitrogens with one attached hydrogen (secondary N) is 6. The summed E-state index contributed by atoms with van der Waals surface area (Å²) in [5.41, 5.74) is 1.43. The van der Waals surface area contributed by atoms with Crippen LogP contribution in [0.25, 0.3) is 0 Å². The third-order valence-corrected chi connectivity index (χ3v) is 11.4. The van der Waals surface area contributed by atoms with Gasteiger partial charge in [-0.2, -0.15) is 26.3 Å². The molecule has 0 unspecified atom stereocenters. The molecule has 0 bridgehead atoms. The largest absolute Gasteiger partial charge is 0.494 e. The first-order chi connectivity index (χ1) is 34.6. The number of hydrogen-bond donors (Lipinski definition) is 6. The maximum Gasteiger partial charge on any atom is 0.419 e. The summed E-state index contributed by atoms with van der Waals surface area (Å²) >= 11 is 0. The molecule has 0 saturated carbocycles. The number of pyridine rings is 2. The van der Waals surface area contributed by atoms with Crippen LogP contribution in [-0.2, 0) is 21.8 Å². The number of rotatable bonds is 14. The summed E-state index contributed by atoms with van der Waals surface area (Å²) in [7, 11) is 5.94. The quantitative estimate of drug-likeness (QED) is 0.0569. The maximum absolute atomic E-state index is 13.8. The zero-order valence-corrected chi connectivity index (χ0v) is 39.6. The van der Waals surface area contributed by atoms with Crippen molar-refractivity contribution in [3.05, 3.63) is 132 Å². The van der Waals surface area contributed by atoms with E-state index in [9.17, 15) is 35.9 Å². The average molecular weight is 1000 g/mol. The molecule has 6 aromatic rings. The van der Waals surface area contributed by atoms with Crippen molar-refractivity contribution in [3.63, 3.8) is 0 Å². The van der Waals surface area contributed by atoms with E-state index in [2.05, 4.69) is 51.7 Å². The van der Waals surface area contributed by atoms with Crippen molar-refractivity contribution < 1.29 is 54.9 Å². The smallest absolute Gasteiger partial charge is 0.419 e. The Labute approximate surface area is 411 Å².